The van der Waals surface area contributed by atoms with Gasteiger partial charge in [-0.15, -0.1) is 0 Å². The van der Waals surface area contributed by atoms with Crippen molar-refractivity contribution in [1.82, 2.24) is 15.5 Å². The van der Waals surface area contributed by atoms with Crippen molar-refractivity contribution in [1.29, 1.82) is 0 Å². The number of amides is 2. The van der Waals surface area contributed by atoms with E-state index in [1.165, 1.54) is 32.1 Å². The number of fused-ring (bicyclic) bond motifs is 1. The molecule has 5 N–H and O–H groups in total. The Morgan fingerprint density at radius 2 is 1.69 bits per heavy atom. The third kappa shape index (κ3) is 5.26. The van der Waals surface area contributed by atoms with Crippen molar-refractivity contribution in [2.45, 2.75) is 63.0 Å². The zero-order valence-electron chi connectivity index (χ0n) is 22.2. The second-order valence-corrected chi connectivity index (χ2v) is 12.2. The molecule has 2 atom stereocenters. The fourth-order valence-electron chi connectivity index (χ4n) is 8.13. The number of nitrogens with zero attached hydrogens (tertiary/aromatic N) is 1. The monoisotopic (exact) mass is 530 g/mol. The topological polar surface area (TPSA) is 130 Å². The first-order valence-electron chi connectivity index (χ1n) is 14.3. The van der Waals surface area contributed by atoms with Crippen LogP contribution in [-0.2, 0) is 22.4 Å². The van der Waals surface area contributed by atoms with Crippen molar-refractivity contribution < 1.29 is 19.4 Å². The van der Waals surface area contributed by atoms with Gasteiger partial charge in [-0.2, -0.15) is 5.10 Å². The number of hydrogen-bond donors (Lipinski definition) is 4. The summed E-state index contributed by atoms with van der Waals surface area (Å²) in [6.45, 7) is -0.238. The second kappa shape index (κ2) is 10.6. The third-order valence-electron chi connectivity index (χ3n) is 9.58. The molecule has 0 aliphatic heterocycles. The molecule has 0 spiro atoms. The van der Waals surface area contributed by atoms with Crippen LogP contribution in [0.3, 0.4) is 0 Å². The summed E-state index contributed by atoms with van der Waals surface area (Å²) in [5.41, 5.74) is 6.67. The van der Waals surface area contributed by atoms with Crippen molar-refractivity contribution >= 4 is 22.9 Å². The molecular weight excluding hydrogens is 492 g/mol. The van der Waals surface area contributed by atoms with E-state index in [1.54, 1.807) is 0 Å². The zero-order chi connectivity index (χ0) is 27.0. The number of benzene rings is 2. The summed E-state index contributed by atoms with van der Waals surface area (Å²) in [5.74, 6) is 2.49. The van der Waals surface area contributed by atoms with Crippen LogP contribution >= 0.6 is 0 Å². The molecule has 4 bridgehead atoms. The number of nitrogens with two attached hydrogens (primary N) is 1. The van der Waals surface area contributed by atoms with Crippen molar-refractivity contribution in [3.8, 4) is 0 Å². The average Bonchev–Trinajstić information content (AvgIpc) is 3.32. The lowest BCUT2D eigenvalue weighted by molar-refractivity contribution is -0.148. The minimum absolute atomic E-state index is 0.134. The Morgan fingerprint density at radius 3 is 2.36 bits per heavy atom. The SMILES string of the molecule is NC(=O)OC(Cc1[nH]nc2ccccc12)(CC1C2CC3CC(C2)CC1C3)C(=O)NC(CO)Cc1ccccc1. The minimum Gasteiger partial charge on any atom is -0.433 e. The van der Waals surface area contributed by atoms with Crippen molar-refractivity contribution in [2.75, 3.05) is 6.61 Å². The summed E-state index contributed by atoms with van der Waals surface area (Å²) in [7, 11) is 0. The first-order valence-corrected chi connectivity index (χ1v) is 14.3. The van der Waals surface area contributed by atoms with E-state index in [1.807, 2.05) is 54.6 Å². The maximum absolute atomic E-state index is 14.3. The lowest BCUT2D eigenvalue weighted by Crippen LogP contribution is -2.58. The number of aliphatic hydroxyl groups excluding tert-OH is 1. The Kier molecular flexibility index (Phi) is 7.06. The zero-order valence-corrected chi connectivity index (χ0v) is 22.2. The van der Waals surface area contributed by atoms with E-state index in [9.17, 15) is 14.7 Å². The number of primary amides is 1. The van der Waals surface area contributed by atoms with Crippen LogP contribution in [0.15, 0.2) is 54.6 Å². The van der Waals surface area contributed by atoms with Crippen molar-refractivity contribution in [3.05, 3.63) is 65.9 Å². The number of aromatic amines is 1. The van der Waals surface area contributed by atoms with E-state index in [0.29, 0.717) is 24.7 Å². The quantitative estimate of drug-likeness (QED) is 0.313. The number of carbonyl (C=O) groups excluding carboxylic acids is 2. The molecule has 2 amide bonds. The molecule has 206 valence electrons. The van der Waals surface area contributed by atoms with Gasteiger partial charge in [0, 0.05) is 23.9 Å². The van der Waals surface area contributed by atoms with Gasteiger partial charge in [-0.05, 0) is 79.7 Å². The lowest BCUT2D eigenvalue weighted by Gasteiger charge is -2.55. The number of rotatable bonds is 10. The van der Waals surface area contributed by atoms with Gasteiger partial charge >= 0.3 is 6.09 Å². The molecule has 3 aromatic rings. The Morgan fingerprint density at radius 1 is 1.03 bits per heavy atom. The smallest absolute Gasteiger partial charge is 0.405 e. The van der Waals surface area contributed by atoms with Crippen molar-refractivity contribution in [2.24, 2.45) is 35.3 Å². The number of aliphatic hydroxyl groups is 1. The summed E-state index contributed by atoms with van der Waals surface area (Å²) in [5, 5.41) is 21.6. The maximum atomic E-state index is 14.3. The highest BCUT2D eigenvalue weighted by Gasteiger charge is 2.54. The molecule has 0 radical (unpaired) electrons. The number of hydrogen-bond acceptors (Lipinski definition) is 5. The molecule has 4 aliphatic rings. The largest absolute Gasteiger partial charge is 0.433 e. The summed E-state index contributed by atoms with van der Waals surface area (Å²) >= 11 is 0. The Balaban J connectivity index is 1.34. The highest BCUT2D eigenvalue weighted by molar-refractivity contribution is 5.89. The van der Waals surface area contributed by atoms with E-state index in [2.05, 4.69) is 15.5 Å². The molecule has 8 nitrogen and oxygen atoms in total. The molecule has 1 aromatic heterocycles. The van der Waals surface area contributed by atoms with Gasteiger partial charge < -0.3 is 20.9 Å². The number of para-hydroxylation sites is 1. The predicted octanol–water partition coefficient (Wildman–Crippen LogP) is 4.12. The number of ether oxygens (including phenoxy) is 1. The summed E-state index contributed by atoms with van der Waals surface area (Å²) in [6.07, 6.45) is 6.11. The van der Waals surface area contributed by atoms with Crippen LogP contribution in [0.25, 0.3) is 10.9 Å². The molecule has 7 rings (SSSR count). The number of H-pyrrole nitrogens is 1. The van der Waals surface area contributed by atoms with Crippen LogP contribution in [-0.4, -0.2) is 45.6 Å². The molecule has 0 saturated heterocycles. The van der Waals surface area contributed by atoms with Gasteiger partial charge in [0.25, 0.3) is 5.91 Å². The van der Waals surface area contributed by atoms with Crippen LogP contribution in [0.2, 0.25) is 0 Å². The first kappa shape index (κ1) is 25.9. The van der Waals surface area contributed by atoms with Crippen LogP contribution in [0.1, 0.15) is 49.8 Å². The molecule has 4 fully saturated rings. The number of carbonyl (C=O) groups is 2. The molecule has 1 heterocycles. The van der Waals surface area contributed by atoms with Gasteiger partial charge in [-0.1, -0.05) is 48.5 Å². The average molecular weight is 531 g/mol. The van der Waals surface area contributed by atoms with E-state index in [-0.39, 0.29) is 18.9 Å². The fourth-order valence-corrected chi connectivity index (χ4v) is 8.13. The van der Waals surface area contributed by atoms with Gasteiger partial charge in [-0.25, -0.2) is 4.79 Å². The molecule has 4 aliphatic carbocycles. The van der Waals surface area contributed by atoms with E-state index < -0.39 is 23.6 Å². The van der Waals surface area contributed by atoms with Gasteiger partial charge in [-0.3, -0.25) is 9.89 Å². The highest BCUT2D eigenvalue weighted by Crippen LogP contribution is 2.58. The molecule has 2 unspecified atom stereocenters. The van der Waals surface area contributed by atoms with Gasteiger partial charge in [0.15, 0.2) is 5.60 Å². The maximum Gasteiger partial charge on any atom is 0.405 e. The van der Waals surface area contributed by atoms with Crippen LogP contribution < -0.4 is 11.1 Å². The number of nitrogens with one attached hydrogen (secondary N) is 2. The molecule has 2 aromatic carbocycles. The van der Waals surface area contributed by atoms with Gasteiger partial charge in [0.1, 0.15) is 0 Å². The van der Waals surface area contributed by atoms with Crippen molar-refractivity contribution in [3.63, 3.8) is 0 Å². The summed E-state index contributed by atoms with van der Waals surface area (Å²) in [6, 6.07) is 16.9. The summed E-state index contributed by atoms with van der Waals surface area (Å²) < 4.78 is 5.92. The third-order valence-corrected chi connectivity index (χ3v) is 9.58. The minimum atomic E-state index is -1.52. The molecule has 39 heavy (non-hydrogen) atoms. The van der Waals surface area contributed by atoms with E-state index >= 15 is 0 Å². The number of aromatic nitrogens is 2. The summed E-state index contributed by atoms with van der Waals surface area (Å²) in [4.78, 5) is 26.7. The Labute approximate surface area is 228 Å². The first-order chi connectivity index (χ1) is 18.9. The van der Waals surface area contributed by atoms with Crippen LogP contribution in [0.4, 0.5) is 4.79 Å². The second-order valence-electron chi connectivity index (χ2n) is 12.2. The Hall–Kier alpha value is -3.39. The standard InChI is InChI=1S/C31H38N4O4/c32-30(38)39-31(17-28-25-8-4-5-9-27(25)34-35-28,16-26-22-11-20-10-21(13-22)14-23(26)12-20)29(37)33-24(18-36)15-19-6-2-1-3-7-19/h1-9,20-24,26,36H,10-18H2,(H2,32,38)(H,33,37)(H,34,35). The molecule has 8 heteroatoms. The van der Waals surface area contributed by atoms with Gasteiger partial charge in [0.2, 0.25) is 0 Å². The fraction of sp³-hybridized carbons (Fsp3) is 0.516. The lowest BCUT2D eigenvalue weighted by atomic mass is 9.50. The Bertz CT molecular complexity index is 1300. The van der Waals surface area contributed by atoms with Gasteiger partial charge in [0.05, 0.1) is 18.2 Å². The van der Waals surface area contributed by atoms with Crippen LogP contribution in [0.5, 0.6) is 0 Å². The normalized spacial score (nSPS) is 27.7. The molecule has 4 saturated carbocycles. The van der Waals surface area contributed by atoms with E-state index in [4.69, 9.17) is 10.5 Å². The molecular formula is C31H38N4O4. The highest BCUT2D eigenvalue weighted by atomic mass is 16.6. The van der Waals surface area contributed by atoms with Crippen LogP contribution in [0, 0.1) is 29.6 Å². The van der Waals surface area contributed by atoms with E-state index in [0.717, 1.165) is 34.0 Å². The predicted molar refractivity (Wildman–Crippen MR) is 148 cm³/mol.